The topological polar surface area (TPSA) is 80.7 Å². The van der Waals surface area contributed by atoms with Gasteiger partial charge in [-0.15, -0.1) is 0 Å². The lowest BCUT2D eigenvalue weighted by molar-refractivity contribution is -0.139. The van der Waals surface area contributed by atoms with Crippen molar-refractivity contribution in [2.75, 3.05) is 6.61 Å². The highest BCUT2D eigenvalue weighted by Crippen LogP contribution is 2.34. The number of ketones is 2. The van der Waals surface area contributed by atoms with Crippen molar-refractivity contribution in [3.8, 4) is 5.75 Å². The molecule has 0 fully saturated rings. The molecule has 0 atom stereocenters. The van der Waals surface area contributed by atoms with Crippen LogP contribution < -0.4 is 4.74 Å². The molecule has 1 aromatic rings. The van der Waals surface area contributed by atoms with Gasteiger partial charge in [-0.05, 0) is 32.1 Å². The van der Waals surface area contributed by atoms with E-state index >= 15 is 0 Å². The van der Waals surface area contributed by atoms with Crippen molar-refractivity contribution in [1.82, 2.24) is 0 Å². The first-order chi connectivity index (χ1) is 9.72. The molecule has 0 radical (unpaired) electrons. The molecule has 0 bridgehead atoms. The van der Waals surface area contributed by atoms with Gasteiger partial charge in [0.25, 0.3) is 0 Å². The lowest BCUT2D eigenvalue weighted by Gasteiger charge is -2.11. The Bertz CT molecular complexity index is 618. The Labute approximate surface area is 131 Å². The zero-order chi connectivity index (χ0) is 16.2. The normalized spacial score (nSPS) is 9.90. The summed E-state index contributed by atoms with van der Waals surface area (Å²) in [4.78, 5) is 33.5. The summed E-state index contributed by atoms with van der Waals surface area (Å²) in [7, 11) is 0. The Hall–Kier alpha value is -1.85. The summed E-state index contributed by atoms with van der Waals surface area (Å²) < 4.78 is 5.09. The smallest absolute Gasteiger partial charge is 0.341 e. The molecule has 0 aromatic heterocycles. The van der Waals surface area contributed by atoms with E-state index in [2.05, 4.69) is 0 Å². The van der Waals surface area contributed by atoms with Crippen LogP contribution in [0.5, 0.6) is 5.75 Å². The van der Waals surface area contributed by atoms with Crippen molar-refractivity contribution in [3.05, 3.63) is 33.3 Å². The number of carboxylic acid groups (broad SMARTS) is 1. The maximum Gasteiger partial charge on any atom is 0.341 e. The second-order valence-electron chi connectivity index (χ2n) is 4.16. The predicted octanol–water partition coefficient (Wildman–Crippen LogP) is 3.02. The second-order valence-corrected chi connectivity index (χ2v) is 5.00. The number of carbonyl (C=O) groups excluding carboxylic acids is 2. The van der Waals surface area contributed by atoms with Crippen LogP contribution in [0.15, 0.2) is 17.7 Å². The molecular weight excluding hydrogens is 319 g/mol. The van der Waals surface area contributed by atoms with Crippen LogP contribution in [-0.2, 0) is 14.4 Å². The van der Waals surface area contributed by atoms with Gasteiger partial charge in [0.1, 0.15) is 5.75 Å². The minimum absolute atomic E-state index is 0.0449. The first-order valence-electron chi connectivity index (χ1n) is 5.79. The minimum atomic E-state index is -1.19. The van der Waals surface area contributed by atoms with E-state index in [1.807, 2.05) is 0 Å². The van der Waals surface area contributed by atoms with Crippen molar-refractivity contribution in [1.29, 1.82) is 0 Å². The number of rotatable bonds is 6. The quantitative estimate of drug-likeness (QED) is 0.492. The van der Waals surface area contributed by atoms with Crippen LogP contribution in [0.1, 0.15) is 19.4 Å². The summed E-state index contributed by atoms with van der Waals surface area (Å²) in [5.41, 5.74) is 0.197. The Morgan fingerprint density at radius 1 is 1.19 bits per heavy atom. The van der Waals surface area contributed by atoms with E-state index < -0.39 is 24.1 Å². The molecule has 0 heterocycles. The van der Waals surface area contributed by atoms with Crippen LogP contribution >= 0.6 is 23.2 Å². The van der Waals surface area contributed by atoms with Crippen molar-refractivity contribution in [2.24, 2.45) is 0 Å². The Kier molecular flexibility index (Phi) is 5.93. The van der Waals surface area contributed by atoms with E-state index in [4.69, 9.17) is 33.0 Å². The molecule has 0 saturated heterocycles. The van der Waals surface area contributed by atoms with Crippen molar-refractivity contribution < 1.29 is 24.2 Å². The first-order valence-corrected chi connectivity index (χ1v) is 6.55. The molecular formula is C14H12Cl2O5. The third kappa shape index (κ3) is 4.88. The summed E-state index contributed by atoms with van der Waals surface area (Å²) in [6.07, 6.45) is 1.28. The molecule has 112 valence electrons. The number of carboxylic acids is 1. The maximum absolute atomic E-state index is 11.4. The van der Waals surface area contributed by atoms with Crippen LogP contribution in [0, 0.1) is 0 Å². The molecule has 7 heteroatoms. The molecule has 21 heavy (non-hydrogen) atoms. The van der Waals surface area contributed by atoms with Gasteiger partial charge in [-0.1, -0.05) is 23.2 Å². The fraction of sp³-hybridized carbons (Fsp3) is 0.214. The SMILES string of the molecule is CC(=O)C(=Cc1cc(Cl)cc(Cl)c1OCC(=O)O)C(C)=O. The molecule has 0 unspecified atom stereocenters. The third-order valence-electron chi connectivity index (χ3n) is 2.44. The number of ether oxygens (including phenoxy) is 1. The van der Waals surface area contributed by atoms with Gasteiger partial charge in [0, 0.05) is 10.6 Å². The molecule has 0 aliphatic rings. The molecule has 1 N–H and O–H groups in total. The van der Waals surface area contributed by atoms with E-state index in [-0.39, 0.29) is 26.9 Å². The summed E-state index contributed by atoms with van der Waals surface area (Å²) >= 11 is 11.8. The first kappa shape index (κ1) is 17.2. The van der Waals surface area contributed by atoms with Gasteiger partial charge in [-0.25, -0.2) is 4.79 Å². The second kappa shape index (κ2) is 7.24. The van der Waals surface area contributed by atoms with Gasteiger partial charge in [-0.2, -0.15) is 0 Å². The monoisotopic (exact) mass is 330 g/mol. The highest BCUT2D eigenvalue weighted by molar-refractivity contribution is 6.36. The zero-order valence-electron chi connectivity index (χ0n) is 11.3. The van der Waals surface area contributed by atoms with Gasteiger partial charge in [0.15, 0.2) is 18.2 Å². The largest absolute Gasteiger partial charge is 0.480 e. The van der Waals surface area contributed by atoms with Gasteiger partial charge in [0.05, 0.1) is 10.6 Å². The van der Waals surface area contributed by atoms with E-state index in [0.29, 0.717) is 0 Å². The summed E-state index contributed by atoms with van der Waals surface area (Å²) in [6.45, 7) is 1.88. The minimum Gasteiger partial charge on any atom is -0.480 e. The molecule has 0 amide bonds. The maximum atomic E-state index is 11.4. The van der Waals surface area contributed by atoms with E-state index in [9.17, 15) is 14.4 Å². The number of aliphatic carboxylic acids is 1. The molecule has 1 rings (SSSR count). The lowest BCUT2D eigenvalue weighted by atomic mass is 10.0. The lowest BCUT2D eigenvalue weighted by Crippen LogP contribution is -2.11. The van der Waals surface area contributed by atoms with Gasteiger partial charge < -0.3 is 9.84 Å². The molecule has 0 saturated carbocycles. The predicted molar refractivity (Wildman–Crippen MR) is 78.9 cm³/mol. The van der Waals surface area contributed by atoms with Crippen LogP contribution in [-0.4, -0.2) is 29.2 Å². The number of halogens is 2. The molecule has 5 nitrogen and oxygen atoms in total. The summed E-state index contributed by atoms with van der Waals surface area (Å²) in [5, 5.41) is 9.00. The van der Waals surface area contributed by atoms with E-state index in [1.54, 1.807) is 0 Å². The Morgan fingerprint density at radius 3 is 2.24 bits per heavy atom. The van der Waals surface area contributed by atoms with Crippen molar-refractivity contribution in [3.63, 3.8) is 0 Å². The Morgan fingerprint density at radius 2 is 1.76 bits per heavy atom. The Balaban J connectivity index is 3.38. The highest BCUT2D eigenvalue weighted by atomic mass is 35.5. The third-order valence-corrected chi connectivity index (χ3v) is 2.93. The number of Topliss-reactive ketones (excluding diaryl/α,β-unsaturated/α-hetero) is 2. The van der Waals surface area contributed by atoms with Crippen LogP contribution in [0.25, 0.3) is 6.08 Å². The van der Waals surface area contributed by atoms with Crippen molar-refractivity contribution >= 4 is 46.8 Å². The van der Waals surface area contributed by atoms with Crippen LogP contribution in [0.2, 0.25) is 10.0 Å². The highest BCUT2D eigenvalue weighted by Gasteiger charge is 2.15. The number of benzene rings is 1. The zero-order valence-corrected chi connectivity index (χ0v) is 12.8. The summed E-state index contributed by atoms with van der Waals surface area (Å²) in [5.74, 6) is -2.00. The standard InChI is InChI=1S/C14H12Cl2O5/c1-7(17)11(8(2)18)4-9-3-10(15)5-12(16)14(9)21-6-13(19)20/h3-5H,6H2,1-2H3,(H,19,20). The van der Waals surface area contributed by atoms with Crippen LogP contribution in [0.3, 0.4) is 0 Å². The van der Waals surface area contributed by atoms with Crippen molar-refractivity contribution in [2.45, 2.75) is 13.8 Å². The van der Waals surface area contributed by atoms with Gasteiger partial charge in [-0.3, -0.25) is 9.59 Å². The van der Waals surface area contributed by atoms with Gasteiger partial charge >= 0.3 is 5.97 Å². The molecule has 0 spiro atoms. The summed E-state index contributed by atoms with van der Waals surface area (Å²) in [6, 6.07) is 2.80. The van der Waals surface area contributed by atoms with E-state index in [0.717, 1.165) is 0 Å². The molecule has 0 aliphatic heterocycles. The van der Waals surface area contributed by atoms with Crippen LogP contribution in [0.4, 0.5) is 0 Å². The van der Waals surface area contributed by atoms with E-state index in [1.165, 1.54) is 32.1 Å². The number of hydrogen-bond donors (Lipinski definition) is 1. The number of allylic oxidation sites excluding steroid dienone is 1. The fourth-order valence-electron chi connectivity index (χ4n) is 1.58. The fourth-order valence-corrected chi connectivity index (χ4v) is 2.14. The van der Waals surface area contributed by atoms with Gasteiger partial charge in [0.2, 0.25) is 0 Å². The average Bonchev–Trinajstić information content (AvgIpc) is 2.33. The number of hydrogen-bond acceptors (Lipinski definition) is 4. The molecule has 1 aromatic carbocycles. The molecule has 0 aliphatic carbocycles. The number of carbonyl (C=O) groups is 3. The average molecular weight is 331 g/mol.